The van der Waals surface area contributed by atoms with Crippen LogP contribution >= 0.6 is 46.4 Å². The molecule has 4 N–H and O–H groups in total. The van der Waals surface area contributed by atoms with Gasteiger partial charge in [-0.15, -0.1) is 0 Å². The van der Waals surface area contributed by atoms with Crippen molar-refractivity contribution in [3.8, 4) is 47.3 Å². The maximum atomic E-state index is 12.8. The van der Waals surface area contributed by atoms with Crippen molar-refractivity contribution in [2.75, 3.05) is 26.2 Å². The van der Waals surface area contributed by atoms with Crippen LogP contribution in [-0.2, 0) is 58.5 Å². The first kappa shape index (κ1) is 94.6. The second-order valence-corrected chi connectivity index (χ2v) is 36.2. The highest BCUT2D eigenvalue weighted by atomic mass is 35.5. The maximum Gasteiger partial charge on any atom is 0.425 e. The van der Waals surface area contributed by atoms with E-state index >= 15 is 0 Å². The minimum atomic E-state index is -4.57. The first-order chi connectivity index (χ1) is 51.9. The third kappa shape index (κ3) is 26.0. The fraction of sp³-hybridized carbons (Fsp3) is 0.529. The van der Waals surface area contributed by atoms with Gasteiger partial charge < -0.3 is 40.2 Å². The summed E-state index contributed by atoms with van der Waals surface area (Å²) in [6.07, 6.45) is -23.9. The molecule has 24 nitrogen and oxygen atoms in total. The lowest BCUT2D eigenvalue weighted by atomic mass is 10.1. The summed E-state index contributed by atoms with van der Waals surface area (Å²) >= 11 is 24.0. The molecule has 12 atom stereocenters. The van der Waals surface area contributed by atoms with E-state index in [0.717, 1.165) is 100 Å². The predicted octanol–water partition coefficient (Wildman–Crippen LogP) is 13.0. The Morgan fingerprint density at radius 3 is 0.670 bits per heavy atom. The van der Waals surface area contributed by atoms with Gasteiger partial charge in [-0.25, -0.2) is 33.7 Å². The number of ether oxygens (including phenoxy) is 4. The lowest BCUT2D eigenvalue weighted by Crippen LogP contribution is -2.31. The number of nitriles is 4. The molecule has 0 radical (unpaired) electrons. The van der Waals surface area contributed by atoms with Crippen LogP contribution in [0, 0.1) is 69.0 Å². The Morgan fingerprint density at radius 1 is 0.357 bits per heavy atom. The molecule has 112 heavy (non-hydrogen) atoms. The van der Waals surface area contributed by atoms with Gasteiger partial charge in [0.1, 0.15) is 49.2 Å². The topological polar surface area (TPSA) is 385 Å². The molecule has 8 rings (SSSR count). The number of hydrogen-bond acceptors (Lipinski definition) is 20. The molecule has 0 heterocycles. The standard InChI is InChI=1S/4C17H18ClF3N2O4S/c4*1-10(17(19,20)21)27-12-3-5-15(14(18)9-12)28(25,26)13-4-2-11(8-13)16(24)23-7-6-22/h4*3,5,9-11,13H,2,4,7-8H2,1H3,(H,23,24)/t2*10-,11+,13+;2*10-,11-,13-/m1010/s1. The Morgan fingerprint density at radius 2 is 0.527 bits per heavy atom. The van der Waals surface area contributed by atoms with Gasteiger partial charge in [0.05, 0.1) is 84.9 Å². The summed E-state index contributed by atoms with van der Waals surface area (Å²) in [5.41, 5.74) is 0. The van der Waals surface area contributed by atoms with Crippen LogP contribution in [0.15, 0.2) is 92.4 Å². The fourth-order valence-electron chi connectivity index (χ4n) is 11.9. The number of alkyl halides is 12. The first-order valence-corrected chi connectivity index (χ1v) is 41.2. The third-order valence-electron chi connectivity index (χ3n) is 18.1. The SMILES string of the molecule is C[C@@H](Oc1ccc(S(=O)(=O)[C@@H]2CC[C@@H](C(=O)NCC#N)C2)c(Cl)c1)C(F)(F)F.C[C@@H](Oc1ccc(S(=O)(=O)[C@H]2CC[C@H](C(=O)NCC#N)C2)c(Cl)c1)C(F)(F)F.C[C@H](Oc1ccc(S(=O)(=O)[C@@H]2CC[C@@H](C(=O)NCC#N)C2)c(Cl)c1)C(F)(F)F.C[C@H](Oc1ccc(S(=O)(=O)[C@H]2CC[C@H](C(=O)NCC#N)C2)c(Cl)c1)C(F)(F)F. The van der Waals surface area contributed by atoms with Gasteiger partial charge in [-0.2, -0.15) is 73.7 Å². The van der Waals surface area contributed by atoms with Gasteiger partial charge in [0.2, 0.25) is 23.6 Å². The van der Waals surface area contributed by atoms with Crippen LogP contribution in [0.3, 0.4) is 0 Å². The fourth-order valence-corrected chi connectivity index (χ4v) is 21.4. The van der Waals surface area contributed by atoms with Gasteiger partial charge in [-0.1, -0.05) is 46.4 Å². The number of halogens is 16. The molecular weight excluding hydrogens is 1680 g/mol. The zero-order valence-electron chi connectivity index (χ0n) is 59.2. The number of sulfone groups is 4. The molecule has 616 valence electrons. The Labute approximate surface area is 656 Å². The van der Waals surface area contributed by atoms with Crippen LogP contribution in [0.5, 0.6) is 23.0 Å². The molecule has 4 aromatic carbocycles. The molecule has 4 fully saturated rings. The van der Waals surface area contributed by atoms with Crippen LogP contribution in [0.4, 0.5) is 52.7 Å². The van der Waals surface area contributed by atoms with E-state index < -0.39 is 133 Å². The van der Waals surface area contributed by atoms with Crippen molar-refractivity contribution in [1.82, 2.24) is 21.3 Å². The Bertz CT molecular complexity index is 4120. The van der Waals surface area contributed by atoms with Gasteiger partial charge in [0.15, 0.2) is 63.8 Å². The normalized spacial score (nSPS) is 21.0. The Kier molecular flexibility index (Phi) is 33.7. The van der Waals surface area contributed by atoms with Crippen molar-refractivity contribution in [2.45, 2.75) is 194 Å². The lowest BCUT2D eigenvalue weighted by Gasteiger charge is -2.19. The zero-order valence-corrected chi connectivity index (χ0v) is 65.5. The average Bonchev–Trinajstić information content (AvgIpc) is 1.78. The Hall–Kier alpha value is -7.96. The second kappa shape index (κ2) is 39.9. The van der Waals surface area contributed by atoms with Crippen molar-refractivity contribution < 1.29 is 124 Å². The molecule has 4 aliphatic rings. The molecule has 4 amide bonds. The van der Waals surface area contributed by atoms with Crippen LogP contribution in [-0.4, -0.2) is 154 Å². The minimum Gasteiger partial charge on any atom is -0.481 e. The van der Waals surface area contributed by atoms with Gasteiger partial charge in [-0.05, 0) is 153 Å². The maximum absolute atomic E-state index is 12.8. The second-order valence-electron chi connectivity index (χ2n) is 25.8. The smallest absolute Gasteiger partial charge is 0.425 e. The number of rotatable bonds is 24. The lowest BCUT2D eigenvalue weighted by molar-refractivity contribution is -0.189. The molecule has 0 unspecified atom stereocenters. The first-order valence-electron chi connectivity index (χ1n) is 33.5. The molecule has 44 heteroatoms. The van der Waals surface area contributed by atoms with Crippen LogP contribution in [0.2, 0.25) is 20.1 Å². The molecule has 4 aliphatic carbocycles. The molecule has 0 bridgehead atoms. The van der Waals surface area contributed by atoms with E-state index in [-0.39, 0.29) is 164 Å². The number of amides is 4. The van der Waals surface area contributed by atoms with E-state index in [1.807, 2.05) is 0 Å². The molecule has 0 aromatic heterocycles. The summed E-state index contributed by atoms with van der Waals surface area (Å²) in [6, 6.07) is 20.1. The number of benzene rings is 4. The van der Waals surface area contributed by atoms with Gasteiger partial charge in [0.25, 0.3) is 0 Å². The summed E-state index contributed by atoms with van der Waals surface area (Å²) < 4.78 is 273. The number of carbonyl (C=O) groups is 4. The summed E-state index contributed by atoms with van der Waals surface area (Å²) in [5, 5.41) is 39.2. The van der Waals surface area contributed by atoms with Crippen molar-refractivity contribution in [3.63, 3.8) is 0 Å². The molecule has 0 aliphatic heterocycles. The number of nitrogens with one attached hydrogen (secondary N) is 4. The van der Waals surface area contributed by atoms with Gasteiger partial charge in [-0.3, -0.25) is 19.2 Å². The molecule has 4 aromatic rings. The van der Waals surface area contributed by atoms with Gasteiger partial charge in [0, 0.05) is 47.9 Å². The minimum absolute atomic E-state index is 0.0826. The highest BCUT2D eigenvalue weighted by Gasteiger charge is 2.46. The van der Waals surface area contributed by atoms with Crippen LogP contribution < -0.4 is 40.2 Å². The van der Waals surface area contributed by atoms with Crippen molar-refractivity contribution >= 4 is 109 Å². The third-order valence-corrected chi connectivity index (χ3v) is 28.9. The van der Waals surface area contributed by atoms with Crippen molar-refractivity contribution in [3.05, 3.63) is 92.9 Å². The summed E-state index contributed by atoms with van der Waals surface area (Å²) in [6.45, 7) is 2.69. The van der Waals surface area contributed by atoms with Crippen LogP contribution in [0.1, 0.15) is 105 Å². The molecule has 0 saturated heterocycles. The van der Waals surface area contributed by atoms with E-state index in [1.165, 1.54) is 0 Å². The van der Waals surface area contributed by atoms with Crippen molar-refractivity contribution in [2.24, 2.45) is 23.7 Å². The number of nitrogens with zero attached hydrogens (tertiary/aromatic N) is 4. The molecule has 0 spiro atoms. The van der Waals surface area contributed by atoms with Crippen LogP contribution in [0.25, 0.3) is 0 Å². The number of carbonyl (C=O) groups excluding carboxylic acids is 4. The quantitative estimate of drug-likeness (QED) is 0.0374. The van der Waals surface area contributed by atoms with E-state index in [2.05, 4.69) is 21.3 Å². The predicted molar refractivity (Wildman–Crippen MR) is 378 cm³/mol. The highest BCUT2D eigenvalue weighted by molar-refractivity contribution is 7.93. The van der Waals surface area contributed by atoms with Gasteiger partial charge >= 0.3 is 24.7 Å². The Balaban J connectivity index is 0.000000267. The largest absolute Gasteiger partial charge is 0.481 e. The van der Waals surface area contributed by atoms with E-state index in [1.54, 1.807) is 24.3 Å². The zero-order chi connectivity index (χ0) is 84.5. The summed E-state index contributed by atoms with van der Waals surface area (Å²) in [5.74, 6) is -4.42. The average molecular weight is 1760 g/mol. The summed E-state index contributed by atoms with van der Waals surface area (Å²) in [7, 11) is -15.5. The number of hydrogen-bond donors (Lipinski definition) is 4. The summed E-state index contributed by atoms with van der Waals surface area (Å²) in [4.78, 5) is 46.8. The molecular formula is C68H72Cl4F12N8O16S4. The monoisotopic (exact) mass is 1750 g/mol. The van der Waals surface area contributed by atoms with E-state index in [0.29, 0.717) is 25.7 Å². The van der Waals surface area contributed by atoms with E-state index in [4.69, 9.17) is 86.4 Å². The van der Waals surface area contributed by atoms with Crippen molar-refractivity contribution in [1.29, 1.82) is 21.0 Å². The highest BCUT2D eigenvalue weighted by Crippen LogP contribution is 2.43. The molecule has 4 saturated carbocycles. The van der Waals surface area contributed by atoms with E-state index in [9.17, 15) is 106 Å².